The fourth-order valence-corrected chi connectivity index (χ4v) is 3.68. The summed E-state index contributed by atoms with van der Waals surface area (Å²) in [5.41, 5.74) is 3.89. The van der Waals surface area contributed by atoms with Crippen LogP contribution in [0.25, 0.3) is 0 Å². The average Bonchev–Trinajstić information content (AvgIpc) is 2.65. The molecule has 0 spiro atoms. The van der Waals surface area contributed by atoms with Crippen molar-refractivity contribution in [3.63, 3.8) is 0 Å². The fourth-order valence-electron chi connectivity index (χ4n) is 3.68. The summed E-state index contributed by atoms with van der Waals surface area (Å²) in [6.45, 7) is 9.24. The van der Waals surface area contributed by atoms with E-state index in [1.165, 1.54) is 23.1 Å². The van der Waals surface area contributed by atoms with Gasteiger partial charge in [-0.05, 0) is 43.9 Å². The number of benzene rings is 2. The molecular formula is C22H25N3O5. The van der Waals surface area contributed by atoms with E-state index in [0.29, 0.717) is 5.69 Å². The highest BCUT2D eigenvalue weighted by Crippen LogP contribution is 2.38. The van der Waals surface area contributed by atoms with E-state index in [9.17, 15) is 19.7 Å². The molecule has 158 valence electrons. The van der Waals surface area contributed by atoms with Crippen LogP contribution in [-0.4, -0.2) is 29.4 Å². The van der Waals surface area contributed by atoms with E-state index in [-0.39, 0.29) is 35.7 Å². The van der Waals surface area contributed by atoms with Gasteiger partial charge < -0.3 is 10.1 Å². The van der Waals surface area contributed by atoms with Gasteiger partial charge in [-0.3, -0.25) is 24.6 Å². The van der Waals surface area contributed by atoms with Gasteiger partial charge in [0.05, 0.1) is 16.7 Å². The molecule has 1 unspecified atom stereocenters. The fraction of sp³-hybridized carbons (Fsp3) is 0.364. The maximum Gasteiger partial charge on any atom is 0.273 e. The number of aryl methyl sites for hydroxylation is 3. The van der Waals surface area contributed by atoms with Crippen LogP contribution < -0.4 is 15.0 Å². The van der Waals surface area contributed by atoms with Crippen molar-refractivity contribution < 1.29 is 19.2 Å². The zero-order valence-corrected chi connectivity index (χ0v) is 17.7. The number of carbonyl (C=O) groups is 2. The first-order chi connectivity index (χ1) is 14.1. The van der Waals surface area contributed by atoms with E-state index in [0.717, 1.165) is 22.4 Å². The first-order valence-electron chi connectivity index (χ1n) is 9.72. The Morgan fingerprint density at radius 2 is 1.83 bits per heavy atom. The van der Waals surface area contributed by atoms with E-state index in [2.05, 4.69) is 5.32 Å². The summed E-state index contributed by atoms with van der Waals surface area (Å²) in [6, 6.07) is 7.98. The maximum absolute atomic E-state index is 13.0. The lowest BCUT2D eigenvalue weighted by atomic mass is 10.0. The highest BCUT2D eigenvalue weighted by molar-refractivity contribution is 6.06. The van der Waals surface area contributed by atoms with Gasteiger partial charge in [0.25, 0.3) is 11.6 Å². The summed E-state index contributed by atoms with van der Waals surface area (Å²) in [5, 5.41) is 14.0. The molecule has 0 radical (unpaired) electrons. The molecule has 1 atom stereocenters. The van der Waals surface area contributed by atoms with Crippen molar-refractivity contribution in [2.75, 3.05) is 16.8 Å². The third-order valence-corrected chi connectivity index (χ3v) is 5.06. The summed E-state index contributed by atoms with van der Waals surface area (Å²) >= 11 is 0. The Labute approximate surface area is 175 Å². The molecule has 2 aromatic carbocycles. The second kappa shape index (κ2) is 8.14. The maximum atomic E-state index is 13.0. The lowest BCUT2D eigenvalue weighted by Gasteiger charge is -2.35. The van der Waals surface area contributed by atoms with E-state index in [1.807, 2.05) is 46.8 Å². The molecule has 3 rings (SSSR count). The molecule has 2 aromatic rings. The van der Waals surface area contributed by atoms with Gasteiger partial charge in [-0.2, -0.15) is 0 Å². The van der Waals surface area contributed by atoms with Crippen LogP contribution in [0.2, 0.25) is 0 Å². The highest BCUT2D eigenvalue weighted by Gasteiger charge is 2.38. The van der Waals surface area contributed by atoms with Crippen LogP contribution in [0.1, 0.15) is 30.5 Å². The van der Waals surface area contributed by atoms with E-state index in [4.69, 9.17) is 4.74 Å². The summed E-state index contributed by atoms with van der Waals surface area (Å²) < 4.78 is 5.75. The van der Waals surface area contributed by atoms with Crippen molar-refractivity contribution in [3.8, 4) is 5.75 Å². The van der Waals surface area contributed by atoms with Gasteiger partial charge in [0, 0.05) is 11.8 Å². The molecule has 2 amide bonds. The van der Waals surface area contributed by atoms with Crippen LogP contribution in [0.3, 0.4) is 0 Å². The predicted octanol–water partition coefficient (Wildman–Crippen LogP) is 3.91. The summed E-state index contributed by atoms with van der Waals surface area (Å²) in [4.78, 5) is 37.8. The quantitative estimate of drug-likeness (QED) is 0.594. The summed E-state index contributed by atoms with van der Waals surface area (Å²) in [7, 11) is 0. The topological polar surface area (TPSA) is 102 Å². The zero-order valence-electron chi connectivity index (χ0n) is 17.7. The van der Waals surface area contributed by atoms with Crippen LogP contribution >= 0.6 is 0 Å². The second-order valence-corrected chi connectivity index (χ2v) is 7.94. The predicted molar refractivity (Wildman–Crippen MR) is 114 cm³/mol. The van der Waals surface area contributed by atoms with E-state index in [1.54, 1.807) is 0 Å². The number of hydrogen-bond acceptors (Lipinski definition) is 5. The Kier molecular flexibility index (Phi) is 5.78. The van der Waals surface area contributed by atoms with Crippen LogP contribution in [0.15, 0.2) is 30.3 Å². The van der Waals surface area contributed by atoms with Gasteiger partial charge in [-0.15, -0.1) is 0 Å². The number of nitrogens with one attached hydrogen (secondary N) is 1. The number of hydrogen-bond donors (Lipinski definition) is 1. The van der Waals surface area contributed by atoms with Crippen molar-refractivity contribution in [2.24, 2.45) is 5.92 Å². The van der Waals surface area contributed by atoms with Crippen molar-refractivity contribution >= 4 is 28.9 Å². The largest absolute Gasteiger partial charge is 0.478 e. The smallest absolute Gasteiger partial charge is 0.273 e. The molecule has 8 heteroatoms. The van der Waals surface area contributed by atoms with Crippen molar-refractivity contribution in [3.05, 3.63) is 57.1 Å². The average molecular weight is 411 g/mol. The Morgan fingerprint density at radius 1 is 1.20 bits per heavy atom. The Hall–Kier alpha value is -3.42. The second-order valence-electron chi connectivity index (χ2n) is 7.94. The lowest BCUT2D eigenvalue weighted by molar-refractivity contribution is -0.384. The van der Waals surface area contributed by atoms with Crippen LogP contribution in [0.5, 0.6) is 5.75 Å². The first kappa shape index (κ1) is 21.3. The van der Waals surface area contributed by atoms with Gasteiger partial charge in [0.15, 0.2) is 11.9 Å². The number of rotatable bonds is 5. The molecule has 0 fully saturated rings. The SMILES string of the molecule is Cc1cc(C)c(NC(=O)CN2C(=O)C(C(C)C)Oc3cc([N+](=O)[O-])ccc32)c(C)c1. The molecule has 8 nitrogen and oxygen atoms in total. The molecule has 0 saturated heterocycles. The Balaban J connectivity index is 1.91. The highest BCUT2D eigenvalue weighted by atomic mass is 16.6. The van der Waals surface area contributed by atoms with E-state index >= 15 is 0 Å². The third kappa shape index (κ3) is 4.12. The van der Waals surface area contributed by atoms with Gasteiger partial charge in [0.2, 0.25) is 5.91 Å². The Bertz CT molecular complexity index is 1010. The number of non-ortho nitro benzene ring substituents is 1. The van der Waals surface area contributed by atoms with Crippen molar-refractivity contribution in [1.82, 2.24) is 0 Å². The minimum atomic E-state index is -0.824. The third-order valence-electron chi connectivity index (χ3n) is 5.06. The number of nitrogens with zero attached hydrogens (tertiary/aromatic N) is 2. The molecule has 0 aliphatic carbocycles. The van der Waals surface area contributed by atoms with Gasteiger partial charge in [-0.25, -0.2) is 0 Å². The standard InChI is InChI=1S/C22H25N3O5/c1-12(2)21-22(27)24(17-7-6-16(25(28)29)10-18(17)30-21)11-19(26)23-20-14(4)8-13(3)9-15(20)5/h6-10,12,21H,11H2,1-5H3,(H,23,26). The van der Waals surface area contributed by atoms with Crippen LogP contribution in [0.4, 0.5) is 17.1 Å². The molecule has 1 N–H and O–H groups in total. The first-order valence-corrected chi connectivity index (χ1v) is 9.72. The molecule has 0 bridgehead atoms. The van der Waals surface area contributed by atoms with Crippen LogP contribution in [-0.2, 0) is 9.59 Å². The van der Waals surface area contributed by atoms with Crippen molar-refractivity contribution in [1.29, 1.82) is 0 Å². The number of amides is 2. The lowest BCUT2D eigenvalue weighted by Crippen LogP contribution is -2.50. The van der Waals surface area contributed by atoms with E-state index < -0.39 is 11.0 Å². The number of ether oxygens (including phenoxy) is 1. The molecule has 1 aliphatic rings. The number of anilines is 2. The summed E-state index contributed by atoms with van der Waals surface area (Å²) in [5.74, 6) is -0.652. The normalized spacial score (nSPS) is 15.6. The van der Waals surface area contributed by atoms with Crippen LogP contribution in [0, 0.1) is 36.8 Å². The Morgan fingerprint density at radius 3 is 2.40 bits per heavy atom. The van der Waals surface area contributed by atoms with Crippen molar-refractivity contribution in [2.45, 2.75) is 40.7 Å². The summed E-state index contributed by atoms with van der Waals surface area (Å²) in [6.07, 6.45) is -0.824. The zero-order chi connectivity index (χ0) is 22.2. The van der Waals surface area contributed by atoms with Gasteiger partial charge >= 0.3 is 0 Å². The van der Waals surface area contributed by atoms with Gasteiger partial charge in [-0.1, -0.05) is 31.5 Å². The molecule has 1 heterocycles. The molecule has 30 heavy (non-hydrogen) atoms. The van der Waals surface area contributed by atoms with Gasteiger partial charge in [0.1, 0.15) is 6.54 Å². The molecule has 0 aromatic heterocycles. The molecule has 1 aliphatic heterocycles. The monoisotopic (exact) mass is 411 g/mol. The number of nitro benzene ring substituents is 1. The minimum Gasteiger partial charge on any atom is -0.478 e. The number of carbonyl (C=O) groups excluding carboxylic acids is 2. The molecular weight excluding hydrogens is 386 g/mol. The number of nitro groups is 1. The number of fused-ring (bicyclic) bond motifs is 1. The minimum absolute atomic E-state index is 0.138. The molecule has 0 saturated carbocycles.